The van der Waals surface area contributed by atoms with E-state index in [-0.39, 0.29) is 30.5 Å². The number of hydrogen-bond donors (Lipinski definition) is 2. The molecule has 1 aliphatic carbocycles. The van der Waals surface area contributed by atoms with Crippen LogP contribution in [-0.4, -0.2) is 58.7 Å². The molecule has 0 amide bonds. The molecular weight excluding hydrogens is 218 g/mol. The molecule has 0 radical (unpaired) electrons. The van der Waals surface area contributed by atoms with Gasteiger partial charge < -0.3 is 14.9 Å². The van der Waals surface area contributed by atoms with Gasteiger partial charge in [0.1, 0.15) is 0 Å². The monoisotopic (exact) mass is 243 g/mol. The molecule has 4 nitrogen and oxygen atoms in total. The Balaban J connectivity index is 2.03. The molecule has 4 heteroatoms. The summed E-state index contributed by atoms with van der Waals surface area (Å²) in [5.41, 5.74) is -0.233. The van der Waals surface area contributed by atoms with E-state index in [9.17, 15) is 10.2 Å². The zero-order valence-electron chi connectivity index (χ0n) is 10.9. The van der Waals surface area contributed by atoms with Crippen LogP contribution < -0.4 is 0 Å². The Bertz CT molecular complexity index is 257. The van der Waals surface area contributed by atoms with Crippen LogP contribution in [0.2, 0.25) is 0 Å². The minimum absolute atomic E-state index is 0.0583. The van der Waals surface area contributed by atoms with E-state index in [1.165, 1.54) is 6.42 Å². The topological polar surface area (TPSA) is 52.9 Å². The zero-order chi connectivity index (χ0) is 12.5. The van der Waals surface area contributed by atoms with Gasteiger partial charge in [-0.25, -0.2) is 0 Å². The highest BCUT2D eigenvalue weighted by Crippen LogP contribution is 2.29. The second kappa shape index (κ2) is 5.22. The van der Waals surface area contributed by atoms with Crippen molar-refractivity contribution in [1.82, 2.24) is 4.90 Å². The Kier molecular flexibility index (Phi) is 4.08. The van der Waals surface area contributed by atoms with E-state index < -0.39 is 0 Å². The number of hydrogen-bond acceptors (Lipinski definition) is 4. The van der Waals surface area contributed by atoms with Gasteiger partial charge in [-0.3, -0.25) is 4.90 Å². The number of morpholine rings is 1. The SMILES string of the molecule is CC1(C)CN(C2CCCCC2O)CC(CO)O1. The maximum absolute atomic E-state index is 10.1. The van der Waals surface area contributed by atoms with Crippen LogP contribution in [0, 0.1) is 0 Å². The Morgan fingerprint density at radius 1 is 1.29 bits per heavy atom. The summed E-state index contributed by atoms with van der Waals surface area (Å²) in [6.45, 7) is 5.74. The van der Waals surface area contributed by atoms with Crippen molar-refractivity contribution in [2.75, 3.05) is 19.7 Å². The van der Waals surface area contributed by atoms with Crippen molar-refractivity contribution in [2.24, 2.45) is 0 Å². The summed E-state index contributed by atoms with van der Waals surface area (Å²) < 4.78 is 5.81. The summed E-state index contributed by atoms with van der Waals surface area (Å²) in [5.74, 6) is 0. The highest BCUT2D eigenvalue weighted by atomic mass is 16.5. The minimum atomic E-state index is -0.233. The first kappa shape index (κ1) is 13.3. The molecule has 2 N–H and O–H groups in total. The number of ether oxygens (including phenoxy) is 1. The van der Waals surface area contributed by atoms with Gasteiger partial charge in [0.2, 0.25) is 0 Å². The fourth-order valence-electron chi connectivity index (χ4n) is 3.21. The molecule has 3 unspecified atom stereocenters. The Morgan fingerprint density at radius 2 is 2.00 bits per heavy atom. The van der Waals surface area contributed by atoms with E-state index in [1.54, 1.807) is 0 Å². The highest BCUT2D eigenvalue weighted by molar-refractivity contribution is 4.91. The van der Waals surface area contributed by atoms with E-state index in [2.05, 4.69) is 18.7 Å². The normalized spacial score (nSPS) is 39.2. The van der Waals surface area contributed by atoms with Gasteiger partial charge in [0, 0.05) is 19.1 Å². The maximum atomic E-state index is 10.1. The molecule has 1 saturated heterocycles. The molecular formula is C13H25NO3. The molecule has 0 aromatic carbocycles. The fourth-order valence-corrected chi connectivity index (χ4v) is 3.21. The van der Waals surface area contributed by atoms with Crippen LogP contribution >= 0.6 is 0 Å². The summed E-state index contributed by atoms with van der Waals surface area (Å²) in [6, 6.07) is 0.251. The Morgan fingerprint density at radius 3 is 2.65 bits per heavy atom. The summed E-state index contributed by atoms with van der Waals surface area (Å²) in [4.78, 5) is 2.31. The van der Waals surface area contributed by atoms with Crippen molar-refractivity contribution in [3.63, 3.8) is 0 Å². The molecule has 0 bridgehead atoms. The predicted molar refractivity (Wildman–Crippen MR) is 65.9 cm³/mol. The largest absolute Gasteiger partial charge is 0.394 e. The van der Waals surface area contributed by atoms with Gasteiger partial charge in [0.25, 0.3) is 0 Å². The molecule has 1 heterocycles. The number of rotatable bonds is 2. The van der Waals surface area contributed by atoms with Crippen molar-refractivity contribution in [1.29, 1.82) is 0 Å². The standard InChI is InChI=1S/C13H25NO3/c1-13(2)9-14(7-10(8-15)17-13)11-5-3-4-6-12(11)16/h10-12,15-16H,3-9H2,1-2H3. The lowest BCUT2D eigenvalue weighted by molar-refractivity contribution is -0.167. The van der Waals surface area contributed by atoms with E-state index in [0.717, 1.165) is 32.4 Å². The third-order valence-corrected chi connectivity index (χ3v) is 3.87. The molecule has 0 aromatic heterocycles. The molecule has 1 aliphatic heterocycles. The van der Waals surface area contributed by atoms with Crippen LogP contribution in [0.3, 0.4) is 0 Å². The molecule has 100 valence electrons. The lowest BCUT2D eigenvalue weighted by atomic mass is 9.89. The van der Waals surface area contributed by atoms with Crippen LogP contribution in [0.5, 0.6) is 0 Å². The van der Waals surface area contributed by atoms with Crippen LogP contribution in [0.25, 0.3) is 0 Å². The van der Waals surface area contributed by atoms with Crippen LogP contribution in [-0.2, 0) is 4.74 Å². The van der Waals surface area contributed by atoms with Gasteiger partial charge in [0.15, 0.2) is 0 Å². The van der Waals surface area contributed by atoms with Crippen LogP contribution in [0.4, 0.5) is 0 Å². The molecule has 3 atom stereocenters. The third-order valence-electron chi connectivity index (χ3n) is 3.87. The fraction of sp³-hybridized carbons (Fsp3) is 1.00. The number of aliphatic hydroxyl groups excluding tert-OH is 2. The van der Waals surface area contributed by atoms with E-state index in [4.69, 9.17) is 4.74 Å². The van der Waals surface area contributed by atoms with Gasteiger partial charge in [-0.05, 0) is 26.7 Å². The first-order valence-corrected chi connectivity index (χ1v) is 6.72. The van der Waals surface area contributed by atoms with E-state index in [1.807, 2.05) is 0 Å². The molecule has 0 spiro atoms. The molecule has 1 saturated carbocycles. The smallest absolute Gasteiger partial charge is 0.0940 e. The minimum Gasteiger partial charge on any atom is -0.394 e. The zero-order valence-corrected chi connectivity index (χ0v) is 10.9. The van der Waals surface area contributed by atoms with Crippen molar-refractivity contribution < 1.29 is 14.9 Å². The number of nitrogens with zero attached hydrogens (tertiary/aromatic N) is 1. The Labute approximate surface area is 104 Å². The second-order valence-electron chi connectivity index (χ2n) is 6.03. The summed E-state index contributed by atoms with van der Waals surface area (Å²) in [6.07, 6.45) is 3.98. The summed E-state index contributed by atoms with van der Waals surface area (Å²) in [7, 11) is 0. The highest BCUT2D eigenvalue weighted by Gasteiger charge is 2.38. The average molecular weight is 243 g/mol. The van der Waals surface area contributed by atoms with Crippen LogP contribution in [0.15, 0.2) is 0 Å². The molecule has 2 aliphatic rings. The van der Waals surface area contributed by atoms with Crippen molar-refractivity contribution in [2.45, 2.75) is 63.4 Å². The molecule has 2 fully saturated rings. The van der Waals surface area contributed by atoms with Gasteiger partial charge >= 0.3 is 0 Å². The van der Waals surface area contributed by atoms with Gasteiger partial charge in [-0.2, -0.15) is 0 Å². The van der Waals surface area contributed by atoms with Crippen molar-refractivity contribution >= 4 is 0 Å². The molecule has 17 heavy (non-hydrogen) atoms. The lowest BCUT2D eigenvalue weighted by Crippen LogP contribution is -2.59. The van der Waals surface area contributed by atoms with E-state index >= 15 is 0 Å². The van der Waals surface area contributed by atoms with Crippen molar-refractivity contribution in [3.8, 4) is 0 Å². The van der Waals surface area contributed by atoms with Gasteiger partial charge in [-0.15, -0.1) is 0 Å². The first-order valence-electron chi connectivity index (χ1n) is 6.72. The maximum Gasteiger partial charge on any atom is 0.0940 e. The van der Waals surface area contributed by atoms with Crippen molar-refractivity contribution in [3.05, 3.63) is 0 Å². The lowest BCUT2D eigenvalue weighted by Gasteiger charge is -2.47. The average Bonchev–Trinajstić information content (AvgIpc) is 2.27. The predicted octanol–water partition coefficient (Wildman–Crippen LogP) is 0.762. The number of aliphatic hydroxyl groups is 2. The van der Waals surface area contributed by atoms with Gasteiger partial charge in [0.05, 0.1) is 24.4 Å². The third kappa shape index (κ3) is 3.19. The van der Waals surface area contributed by atoms with E-state index in [0.29, 0.717) is 0 Å². The van der Waals surface area contributed by atoms with Gasteiger partial charge in [-0.1, -0.05) is 12.8 Å². The first-order chi connectivity index (χ1) is 8.02. The summed E-state index contributed by atoms with van der Waals surface area (Å²) in [5, 5.41) is 19.4. The molecule has 2 rings (SSSR count). The Hall–Kier alpha value is -0.160. The van der Waals surface area contributed by atoms with Crippen LogP contribution in [0.1, 0.15) is 39.5 Å². The quantitative estimate of drug-likeness (QED) is 0.752. The summed E-state index contributed by atoms with van der Waals surface area (Å²) >= 11 is 0. The second-order valence-corrected chi connectivity index (χ2v) is 6.03. The molecule has 0 aromatic rings.